The lowest BCUT2D eigenvalue weighted by atomic mass is 9.94. The first kappa shape index (κ1) is 10.0. The van der Waals surface area contributed by atoms with E-state index in [1.54, 1.807) is 6.07 Å². The molecule has 0 saturated carbocycles. The third-order valence-electron chi connectivity index (χ3n) is 3.33. The number of aryl methyl sites for hydroxylation is 1. The molecule has 1 aromatic carbocycles. The fraction of sp³-hybridized carbons (Fsp3) is 0.231. The second-order valence-electron chi connectivity index (χ2n) is 4.25. The third-order valence-corrected chi connectivity index (χ3v) is 3.33. The van der Waals surface area contributed by atoms with Gasteiger partial charge in [0, 0.05) is 17.2 Å². The Labute approximate surface area is 97.9 Å². The maximum atomic E-state index is 13.6. The number of nitriles is 1. The van der Waals surface area contributed by atoms with Crippen LogP contribution in [0.4, 0.5) is 4.39 Å². The zero-order chi connectivity index (χ0) is 11.8. The van der Waals surface area contributed by atoms with Crippen molar-refractivity contribution in [2.75, 3.05) is 0 Å². The molecular formula is C13H10FN3. The summed E-state index contributed by atoms with van der Waals surface area (Å²) in [5, 5.41) is 15.7. The van der Waals surface area contributed by atoms with Gasteiger partial charge in [0.05, 0.1) is 11.8 Å². The van der Waals surface area contributed by atoms with E-state index in [1.807, 2.05) is 18.3 Å². The highest BCUT2D eigenvalue weighted by molar-refractivity contribution is 5.41. The van der Waals surface area contributed by atoms with Gasteiger partial charge >= 0.3 is 0 Å². The number of H-pyrrole nitrogens is 1. The highest BCUT2D eigenvalue weighted by Crippen LogP contribution is 2.37. The van der Waals surface area contributed by atoms with Crippen LogP contribution < -0.4 is 0 Å². The monoisotopic (exact) mass is 227 g/mol. The summed E-state index contributed by atoms with van der Waals surface area (Å²) in [5.41, 5.74) is 3.30. The van der Waals surface area contributed by atoms with Gasteiger partial charge in [-0.05, 0) is 30.5 Å². The van der Waals surface area contributed by atoms with Gasteiger partial charge < -0.3 is 0 Å². The zero-order valence-corrected chi connectivity index (χ0v) is 9.07. The molecule has 17 heavy (non-hydrogen) atoms. The van der Waals surface area contributed by atoms with Crippen molar-refractivity contribution in [1.29, 1.82) is 5.26 Å². The first-order valence-corrected chi connectivity index (χ1v) is 5.51. The number of halogens is 1. The van der Waals surface area contributed by atoms with Crippen LogP contribution in [-0.2, 0) is 6.42 Å². The minimum atomic E-state index is -0.443. The Morgan fingerprint density at radius 3 is 3.12 bits per heavy atom. The molecular weight excluding hydrogens is 217 g/mol. The normalized spacial score (nSPS) is 17.8. The SMILES string of the molecule is N#Cc1ccc([C@H]2CCc3[nH]ncc32)cc1F. The number of hydrogen-bond donors (Lipinski definition) is 1. The van der Waals surface area contributed by atoms with E-state index in [2.05, 4.69) is 10.2 Å². The number of benzene rings is 1. The number of nitrogens with one attached hydrogen (secondary N) is 1. The Hall–Kier alpha value is -2.15. The molecule has 1 aromatic heterocycles. The molecule has 1 N–H and O–H groups in total. The predicted molar refractivity (Wildman–Crippen MR) is 59.9 cm³/mol. The van der Waals surface area contributed by atoms with Gasteiger partial charge in [-0.15, -0.1) is 0 Å². The van der Waals surface area contributed by atoms with Crippen molar-refractivity contribution in [3.63, 3.8) is 0 Å². The second kappa shape index (κ2) is 3.70. The van der Waals surface area contributed by atoms with Crippen molar-refractivity contribution in [2.45, 2.75) is 18.8 Å². The number of aromatic nitrogens is 2. The van der Waals surface area contributed by atoms with E-state index in [-0.39, 0.29) is 11.5 Å². The first-order chi connectivity index (χ1) is 8.29. The molecule has 4 heteroatoms. The van der Waals surface area contributed by atoms with Crippen LogP contribution in [0.2, 0.25) is 0 Å². The van der Waals surface area contributed by atoms with Crippen LogP contribution >= 0.6 is 0 Å². The summed E-state index contributed by atoms with van der Waals surface area (Å²) in [6, 6.07) is 6.67. The van der Waals surface area contributed by atoms with Crippen LogP contribution in [0.5, 0.6) is 0 Å². The summed E-state index contributed by atoms with van der Waals surface area (Å²) in [5.74, 6) is -0.243. The molecule has 0 unspecified atom stereocenters. The molecule has 1 aliphatic carbocycles. The first-order valence-electron chi connectivity index (χ1n) is 5.51. The highest BCUT2D eigenvalue weighted by atomic mass is 19.1. The van der Waals surface area contributed by atoms with Gasteiger partial charge in [0.15, 0.2) is 0 Å². The van der Waals surface area contributed by atoms with Gasteiger partial charge in [-0.2, -0.15) is 10.4 Å². The average Bonchev–Trinajstić information content (AvgIpc) is 2.90. The maximum absolute atomic E-state index is 13.6. The summed E-state index contributed by atoms with van der Waals surface area (Å²) < 4.78 is 13.6. The lowest BCUT2D eigenvalue weighted by molar-refractivity contribution is 0.618. The van der Waals surface area contributed by atoms with E-state index in [0.29, 0.717) is 0 Å². The third kappa shape index (κ3) is 1.51. The minimum absolute atomic E-state index is 0.0964. The standard InChI is InChI=1S/C13H10FN3/c14-12-5-8(1-2-9(12)6-15)10-3-4-13-11(10)7-16-17-13/h1-2,5,7,10H,3-4H2,(H,16,17)/t10-/m1/s1. The van der Waals surface area contributed by atoms with Crippen molar-refractivity contribution in [3.05, 3.63) is 52.6 Å². The molecule has 3 nitrogen and oxygen atoms in total. The zero-order valence-electron chi connectivity index (χ0n) is 9.07. The topological polar surface area (TPSA) is 52.5 Å². The number of nitrogens with zero attached hydrogens (tertiary/aromatic N) is 2. The second-order valence-corrected chi connectivity index (χ2v) is 4.25. The molecule has 0 radical (unpaired) electrons. The Balaban J connectivity index is 2.02. The van der Waals surface area contributed by atoms with Crippen LogP contribution in [0.3, 0.4) is 0 Å². The van der Waals surface area contributed by atoms with Gasteiger partial charge in [-0.25, -0.2) is 4.39 Å². The van der Waals surface area contributed by atoms with E-state index >= 15 is 0 Å². The van der Waals surface area contributed by atoms with Crippen LogP contribution in [0.15, 0.2) is 24.4 Å². The number of aromatic amines is 1. The smallest absolute Gasteiger partial charge is 0.141 e. The molecule has 0 saturated heterocycles. The fourth-order valence-electron chi connectivity index (χ4n) is 2.45. The van der Waals surface area contributed by atoms with Crippen molar-refractivity contribution in [1.82, 2.24) is 10.2 Å². The van der Waals surface area contributed by atoms with Crippen molar-refractivity contribution >= 4 is 0 Å². The minimum Gasteiger partial charge on any atom is -0.282 e. The lowest BCUT2D eigenvalue weighted by Gasteiger charge is -2.10. The van der Waals surface area contributed by atoms with E-state index in [0.717, 1.165) is 29.7 Å². The van der Waals surface area contributed by atoms with Crippen molar-refractivity contribution in [2.24, 2.45) is 0 Å². The maximum Gasteiger partial charge on any atom is 0.141 e. The van der Waals surface area contributed by atoms with Gasteiger partial charge in [-0.1, -0.05) is 6.07 Å². The molecule has 0 aliphatic heterocycles. The Kier molecular flexibility index (Phi) is 2.19. The van der Waals surface area contributed by atoms with Gasteiger partial charge in [0.1, 0.15) is 11.9 Å². The number of hydrogen-bond acceptors (Lipinski definition) is 2. The molecule has 0 spiro atoms. The highest BCUT2D eigenvalue weighted by Gasteiger charge is 2.26. The van der Waals surface area contributed by atoms with Crippen molar-refractivity contribution in [3.8, 4) is 6.07 Å². The summed E-state index contributed by atoms with van der Waals surface area (Å²) in [6.07, 6.45) is 3.72. The lowest BCUT2D eigenvalue weighted by Crippen LogP contribution is -1.97. The molecule has 0 amide bonds. The average molecular weight is 227 g/mol. The van der Waals surface area contributed by atoms with E-state index in [9.17, 15) is 4.39 Å². The predicted octanol–water partition coefficient (Wildman–Crippen LogP) is 2.50. The largest absolute Gasteiger partial charge is 0.282 e. The summed E-state index contributed by atoms with van der Waals surface area (Å²) >= 11 is 0. The summed E-state index contributed by atoms with van der Waals surface area (Å²) in [6.45, 7) is 0. The molecule has 1 heterocycles. The Morgan fingerprint density at radius 2 is 2.35 bits per heavy atom. The molecule has 84 valence electrons. The van der Waals surface area contributed by atoms with E-state index in [1.165, 1.54) is 6.07 Å². The molecule has 2 aromatic rings. The van der Waals surface area contributed by atoms with Crippen LogP contribution in [0, 0.1) is 17.1 Å². The molecule has 0 fully saturated rings. The summed E-state index contributed by atoms with van der Waals surface area (Å²) in [4.78, 5) is 0. The Morgan fingerprint density at radius 1 is 1.47 bits per heavy atom. The molecule has 1 atom stereocenters. The van der Waals surface area contributed by atoms with E-state index < -0.39 is 5.82 Å². The molecule has 3 rings (SSSR count). The quantitative estimate of drug-likeness (QED) is 0.813. The number of rotatable bonds is 1. The van der Waals surface area contributed by atoms with Crippen LogP contribution in [0.1, 0.15) is 34.7 Å². The fourth-order valence-corrected chi connectivity index (χ4v) is 2.45. The summed E-state index contributed by atoms with van der Waals surface area (Å²) in [7, 11) is 0. The van der Waals surface area contributed by atoms with Gasteiger partial charge in [0.2, 0.25) is 0 Å². The van der Waals surface area contributed by atoms with Gasteiger partial charge in [-0.3, -0.25) is 5.10 Å². The van der Waals surface area contributed by atoms with Gasteiger partial charge in [0.25, 0.3) is 0 Å². The van der Waals surface area contributed by atoms with Crippen LogP contribution in [-0.4, -0.2) is 10.2 Å². The number of fused-ring (bicyclic) bond motifs is 1. The van der Waals surface area contributed by atoms with E-state index in [4.69, 9.17) is 5.26 Å². The molecule has 1 aliphatic rings. The Bertz CT molecular complexity index is 609. The van der Waals surface area contributed by atoms with Crippen LogP contribution in [0.25, 0.3) is 0 Å². The molecule has 0 bridgehead atoms. The van der Waals surface area contributed by atoms with Crippen molar-refractivity contribution < 1.29 is 4.39 Å².